The number of rotatable bonds is 2. The molecule has 2 rings (SSSR count). The molecule has 0 unspecified atom stereocenters. The maximum atomic E-state index is 5.22. The zero-order valence-electron chi connectivity index (χ0n) is 6.66. The fourth-order valence-electron chi connectivity index (χ4n) is 1.12. The molecule has 1 aromatic rings. The van der Waals surface area contributed by atoms with Crippen LogP contribution < -0.4 is 9.47 Å². The van der Waals surface area contributed by atoms with Crippen LogP contribution in [0.2, 0.25) is 0 Å². The summed E-state index contributed by atoms with van der Waals surface area (Å²) in [5.41, 5.74) is 0.785. The van der Waals surface area contributed by atoms with Gasteiger partial charge in [-0.25, -0.2) is 0 Å². The quantitative estimate of drug-likeness (QED) is 0.662. The molecule has 0 fully saturated rings. The van der Waals surface area contributed by atoms with Crippen molar-refractivity contribution >= 4 is 0 Å². The Labute approximate surface area is 70.9 Å². The molecule has 3 nitrogen and oxygen atoms in total. The Morgan fingerprint density at radius 1 is 1.42 bits per heavy atom. The van der Waals surface area contributed by atoms with Gasteiger partial charge in [-0.15, -0.1) is 0 Å². The molecule has 0 atom stereocenters. The standard InChI is InChI=1S/C9H8O3/c1-10-5-7-3-2-4-8-9(7)12-6-11-8/h2-4H,6H2,1H3. The zero-order valence-corrected chi connectivity index (χ0v) is 6.66. The smallest absolute Gasteiger partial charge is 0.231 e. The summed E-state index contributed by atoms with van der Waals surface area (Å²) in [5, 5.41) is 0. The molecule has 0 amide bonds. The van der Waals surface area contributed by atoms with Crippen LogP contribution in [0.25, 0.3) is 0 Å². The van der Waals surface area contributed by atoms with Crippen LogP contribution in [0.4, 0.5) is 0 Å². The summed E-state index contributed by atoms with van der Waals surface area (Å²) in [6.45, 7) is 2.98. The van der Waals surface area contributed by atoms with Crippen LogP contribution in [0.15, 0.2) is 18.2 Å². The molecule has 0 spiro atoms. The summed E-state index contributed by atoms with van der Waals surface area (Å²) >= 11 is 0. The van der Waals surface area contributed by atoms with E-state index in [1.807, 2.05) is 18.2 Å². The monoisotopic (exact) mass is 164 g/mol. The number of para-hydroxylation sites is 1. The van der Waals surface area contributed by atoms with Gasteiger partial charge in [-0.05, 0) is 6.07 Å². The van der Waals surface area contributed by atoms with Crippen molar-refractivity contribution in [2.24, 2.45) is 0 Å². The first-order valence-electron chi connectivity index (χ1n) is 3.59. The fraction of sp³-hybridized carbons (Fsp3) is 0.222. The van der Waals surface area contributed by atoms with Crippen molar-refractivity contribution in [2.75, 3.05) is 13.9 Å². The second-order valence-corrected chi connectivity index (χ2v) is 2.35. The number of benzene rings is 1. The van der Waals surface area contributed by atoms with Gasteiger partial charge in [0.25, 0.3) is 0 Å². The van der Waals surface area contributed by atoms with Gasteiger partial charge in [0.15, 0.2) is 18.1 Å². The molecule has 1 aliphatic rings. The molecule has 1 heterocycles. The number of ether oxygens (including phenoxy) is 3. The van der Waals surface area contributed by atoms with Crippen LogP contribution in [0.3, 0.4) is 0 Å². The molecule has 62 valence electrons. The molecule has 0 saturated carbocycles. The van der Waals surface area contributed by atoms with Gasteiger partial charge in [0.05, 0.1) is 0 Å². The molecular weight excluding hydrogens is 156 g/mol. The Morgan fingerprint density at radius 3 is 3.17 bits per heavy atom. The minimum Gasteiger partial charge on any atom is -0.454 e. The lowest BCUT2D eigenvalue weighted by Gasteiger charge is -2.01. The van der Waals surface area contributed by atoms with E-state index in [1.54, 1.807) is 7.11 Å². The summed E-state index contributed by atoms with van der Waals surface area (Å²) in [6.07, 6.45) is 0. The fourth-order valence-corrected chi connectivity index (χ4v) is 1.12. The Balaban J connectivity index is 2.36. The minimum absolute atomic E-state index is 0.276. The Hall–Kier alpha value is -1.22. The summed E-state index contributed by atoms with van der Waals surface area (Å²) in [6, 6.07) is 5.58. The summed E-state index contributed by atoms with van der Waals surface area (Å²) in [5.74, 6) is 1.46. The molecule has 0 aliphatic carbocycles. The molecule has 1 aromatic carbocycles. The number of hydrogen-bond donors (Lipinski definition) is 0. The lowest BCUT2D eigenvalue weighted by atomic mass is 10.2. The Bertz CT molecular complexity index is 283. The Morgan fingerprint density at radius 2 is 2.33 bits per heavy atom. The van der Waals surface area contributed by atoms with E-state index in [1.165, 1.54) is 0 Å². The largest absolute Gasteiger partial charge is 0.454 e. The van der Waals surface area contributed by atoms with Crippen LogP contribution in [0.1, 0.15) is 5.56 Å². The average molecular weight is 164 g/mol. The van der Waals surface area contributed by atoms with E-state index in [9.17, 15) is 0 Å². The van der Waals surface area contributed by atoms with E-state index in [2.05, 4.69) is 6.61 Å². The van der Waals surface area contributed by atoms with Crippen LogP contribution in [-0.2, 0) is 4.74 Å². The van der Waals surface area contributed by atoms with E-state index in [-0.39, 0.29) is 6.79 Å². The van der Waals surface area contributed by atoms with E-state index in [0.717, 1.165) is 11.3 Å². The average Bonchev–Trinajstić information content (AvgIpc) is 2.53. The van der Waals surface area contributed by atoms with Gasteiger partial charge in [0, 0.05) is 12.7 Å². The molecule has 12 heavy (non-hydrogen) atoms. The predicted octanol–water partition coefficient (Wildman–Crippen LogP) is 1.45. The first-order valence-corrected chi connectivity index (χ1v) is 3.59. The highest BCUT2D eigenvalue weighted by molar-refractivity contribution is 5.50. The van der Waals surface area contributed by atoms with Gasteiger partial charge < -0.3 is 14.2 Å². The highest BCUT2D eigenvalue weighted by Gasteiger charge is 2.17. The lowest BCUT2D eigenvalue weighted by Crippen LogP contribution is -1.94. The van der Waals surface area contributed by atoms with Crippen LogP contribution in [-0.4, -0.2) is 13.9 Å². The highest BCUT2D eigenvalue weighted by atomic mass is 16.7. The van der Waals surface area contributed by atoms with Crippen molar-refractivity contribution < 1.29 is 14.2 Å². The Kier molecular flexibility index (Phi) is 1.87. The van der Waals surface area contributed by atoms with E-state index < -0.39 is 0 Å². The van der Waals surface area contributed by atoms with Gasteiger partial charge in [-0.3, -0.25) is 0 Å². The van der Waals surface area contributed by atoms with Crippen molar-refractivity contribution in [3.8, 4) is 11.5 Å². The number of methoxy groups -OCH3 is 1. The van der Waals surface area contributed by atoms with Crippen LogP contribution >= 0.6 is 0 Å². The van der Waals surface area contributed by atoms with Crippen LogP contribution in [0, 0.1) is 6.61 Å². The molecule has 3 heteroatoms. The second-order valence-electron chi connectivity index (χ2n) is 2.35. The van der Waals surface area contributed by atoms with E-state index in [0.29, 0.717) is 5.75 Å². The normalized spacial score (nSPS) is 13.4. The maximum Gasteiger partial charge on any atom is 0.231 e. The molecule has 0 aromatic heterocycles. The highest BCUT2D eigenvalue weighted by Crippen LogP contribution is 2.35. The molecule has 0 N–H and O–H groups in total. The minimum atomic E-state index is 0.276. The van der Waals surface area contributed by atoms with E-state index >= 15 is 0 Å². The maximum absolute atomic E-state index is 5.22. The molecule has 1 aliphatic heterocycles. The molecule has 0 saturated heterocycles. The first kappa shape index (κ1) is 7.43. The van der Waals surface area contributed by atoms with Crippen molar-refractivity contribution in [2.45, 2.75) is 0 Å². The lowest BCUT2D eigenvalue weighted by molar-refractivity contribution is 0.172. The molecule has 2 radical (unpaired) electrons. The van der Waals surface area contributed by atoms with Gasteiger partial charge in [-0.2, -0.15) is 0 Å². The summed E-state index contributed by atoms with van der Waals surface area (Å²) < 4.78 is 15.2. The molecular formula is C9H8O3. The number of fused-ring (bicyclic) bond motifs is 1. The summed E-state index contributed by atoms with van der Waals surface area (Å²) in [4.78, 5) is 0. The van der Waals surface area contributed by atoms with E-state index in [4.69, 9.17) is 14.2 Å². The first-order chi connectivity index (χ1) is 5.92. The van der Waals surface area contributed by atoms with Gasteiger partial charge >= 0.3 is 0 Å². The van der Waals surface area contributed by atoms with Gasteiger partial charge in [-0.1, -0.05) is 12.1 Å². The zero-order chi connectivity index (χ0) is 8.39. The number of hydrogen-bond acceptors (Lipinski definition) is 3. The summed E-state index contributed by atoms with van der Waals surface area (Å²) in [7, 11) is 1.55. The predicted molar refractivity (Wildman–Crippen MR) is 41.9 cm³/mol. The third-order valence-electron chi connectivity index (χ3n) is 1.61. The van der Waals surface area contributed by atoms with Crippen molar-refractivity contribution in [3.05, 3.63) is 30.4 Å². The molecule has 0 bridgehead atoms. The topological polar surface area (TPSA) is 27.7 Å². The van der Waals surface area contributed by atoms with Gasteiger partial charge in [0.2, 0.25) is 6.79 Å². The SMILES string of the molecule is CO[C]c1cccc2c1OCO2. The third kappa shape index (κ3) is 1.12. The van der Waals surface area contributed by atoms with Crippen molar-refractivity contribution in [1.82, 2.24) is 0 Å². The second kappa shape index (κ2) is 3.03. The van der Waals surface area contributed by atoms with Crippen molar-refractivity contribution in [3.63, 3.8) is 0 Å². The van der Waals surface area contributed by atoms with Crippen LogP contribution in [0.5, 0.6) is 11.5 Å². The third-order valence-corrected chi connectivity index (χ3v) is 1.61. The van der Waals surface area contributed by atoms with Crippen molar-refractivity contribution in [1.29, 1.82) is 0 Å². The van der Waals surface area contributed by atoms with Gasteiger partial charge in [0.1, 0.15) is 0 Å².